The number of hydrogen-bond acceptors (Lipinski definition) is 4. The summed E-state index contributed by atoms with van der Waals surface area (Å²) in [5, 5.41) is 0. The lowest BCUT2D eigenvalue weighted by molar-refractivity contribution is 0.208. The number of hydrazine groups is 1. The number of ether oxygens (including phenoxy) is 1. The first kappa shape index (κ1) is 11.4. The average Bonchev–Trinajstić information content (AvgIpc) is 2.26. The normalized spacial score (nSPS) is 11.5. The van der Waals surface area contributed by atoms with Gasteiger partial charge in [-0.25, -0.2) is 5.84 Å². The molecule has 1 rings (SSSR count). The summed E-state index contributed by atoms with van der Waals surface area (Å²) in [4.78, 5) is 17.5. The van der Waals surface area contributed by atoms with Gasteiger partial charge in [-0.3, -0.25) is 9.79 Å². The van der Waals surface area contributed by atoms with E-state index in [9.17, 15) is 4.79 Å². The van der Waals surface area contributed by atoms with Crippen LogP contribution in [0.5, 0.6) is 0 Å². The summed E-state index contributed by atoms with van der Waals surface area (Å²) >= 11 is 0. The molecule has 1 aromatic heterocycles. The molecule has 6 nitrogen and oxygen atoms in total. The van der Waals surface area contributed by atoms with Crippen molar-refractivity contribution >= 4 is 5.84 Å². The van der Waals surface area contributed by atoms with E-state index < -0.39 is 0 Å². The van der Waals surface area contributed by atoms with E-state index in [1.54, 1.807) is 19.4 Å². The van der Waals surface area contributed by atoms with Gasteiger partial charge in [0.15, 0.2) is 0 Å². The topological polar surface area (TPSA) is 92.5 Å². The van der Waals surface area contributed by atoms with Crippen LogP contribution < -0.4 is 16.8 Å². The van der Waals surface area contributed by atoms with Crippen molar-refractivity contribution in [2.75, 3.05) is 20.3 Å². The van der Waals surface area contributed by atoms with Crippen LogP contribution in [-0.2, 0) is 4.74 Å². The van der Waals surface area contributed by atoms with Crippen LogP contribution in [0.1, 0.15) is 5.56 Å². The van der Waals surface area contributed by atoms with Crippen LogP contribution >= 0.6 is 0 Å². The lowest BCUT2D eigenvalue weighted by Gasteiger charge is -2.04. The number of methoxy groups -OCH3 is 1. The zero-order chi connectivity index (χ0) is 11.1. The summed E-state index contributed by atoms with van der Waals surface area (Å²) in [6.07, 6.45) is 1.55. The van der Waals surface area contributed by atoms with Gasteiger partial charge in [0, 0.05) is 24.9 Å². The minimum absolute atomic E-state index is 0.160. The highest BCUT2D eigenvalue weighted by Crippen LogP contribution is 1.94. The number of aliphatic imine (C=N–C) groups is 1. The lowest BCUT2D eigenvalue weighted by Crippen LogP contribution is -2.32. The van der Waals surface area contributed by atoms with Crippen molar-refractivity contribution < 1.29 is 4.74 Å². The summed E-state index contributed by atoms with van der Waals surface area (Å²) in [6.45, 7) is 1.03. The summed E-state index contributed by atoms with van der Waals surface area (Å²) < 4.78 is 4.86. The predicted molar refractivity (Wildman–Crippen MR) is 57.7 cm³/mol. The highest BCUT2D eigenvalue weighted by molar-refractivity contribution is 5.98. The first-order chi connectivity index (χ1) is 7.27. The molecule has 82 valence electrons. The van der Waals surface area contributed by atoms with Gasteiger partial charge >= 0.3 is 0 Å². The smallest absolute Gasteiger partial charge is 0.247 e. The molecule has 0 aromatic carbocycles. The number of pyridine rings is 1. The molecule has 0 radical (unpaired) electrons. The van der Waals surface area contributed by atoms with E-state index in [1.807, 2.05) is 0 Å². The van der Waals surface area contributed by atoms with Crippen LogP contribution in [0.25, 0.3) is 0 Å². The van der Waals surface area contributed by atoms with Crippen molar-refractivity contribution in [1.29, 1.82) is 0 Å². The molecule has 0 fully saturated rings. The van der Waals surface area contributed by atoms with Gasteiger partial charge < -0.3 is 15.1 Å². The Morgan fingerprint density at radius 2 is 2.47 bits per heavy atom. The van der Waals surface area contributed by atoms with Gasteiger partial charge in [-0.15, -0.1) is 0 Å². The largest absolute Gasteiger partial charge is 0.383 e. The number of aromatic nitrogens is 1. The van der Waals surface area contributed by atoms with Crippen molar-refractivity contribution in [2.45, 2.75) is 0 Å². The Balaban J connectivity index is 2.78. The van der Waals surface area contributed by atoms with Crippen molar-refractivity contribution in [3.05, 3.63) is 34.2 Å². The zero-order valence-corrected chi connectivity index (χ0v) is 8.49. The number of rotatable bonds is 4. The highest BCUT2D eigenvalue weighted by atomic mass is 16.5. The van der Waals surface area contributed by atoms with Crippen LogP contribution in [-0.4, -0.2) is 31.1 Å². The Labute approximate surface area is 87.1 Å². The standard InChI is InChI=1S/C9H14N4O2/c1-15-5-4-11-9(13-10)7-2-3-8(14)12-6-7/h2-3,6H,4-5,10H2,1H3,(H,11,13)(H,12,14). The monoisotopic (exact) mass is 210 g/mol. The van der Waals surface area contributed by atoms with E-state index in [-0.39, 0.29) is 5.56 Å². The first-order valence-corrected chi connectivity index (χ1v) is 4.47. The van der Waals surface area contributed by atoms with E-state index in [2.05, 4.69) is 15.4 Å². The minimum atomic E-state index is -0.160. The molecule has 0 bridgehead atoms. The Morgan fingerprint density at radius 1 is 1.67 bits per heavy atom. The van der Waals surface area contributed by atoms with Gasteiger partial charge in [-0.2, -0.15) is 0 Å². The molecule has 0 saturated heterocycles. The first-order valence-electron chi connectivity index (χ1n) is 4.47. The third-order valence-corrected chi connectivity index (χ3v) is 1.76. The third kappa shape index (κ3) is 3.53. The fourth-order valence-corrected chi connectivity index (χ4v) is 1.03. The summed E-state index contributed by atoms with van der Waals surface area (Å²) in [5.41, 5.74) is 3.04. The van der Waals surface area contributed by atoms with Crippen molar-refractivity contribution in [2.24, 2.45) is 10.8 Å². The van der Waals surface area contributed by atoms with Gasteiger partial charge in [-0.05, 0) is 6.07 Å². The number of nitrogens with two attached hydrogens (primary N) is 1. The number of amidine groups is 1. The van der Waals surface area contributed by atoms with Crippen LogP contribution in [0.4, 0.5) is 0 Å². The van der Waals surface area contributed by atoms with E-state index in [0.717, 1.165) is 5.56 Å². The number of aromatic amines is 1. The molecule has 15 heavy (non-hydrogen) atoms. The minimum Gasteiger partial charge on any atom is -0.383 e. The number of nitrogens with one attached hydrogen (secondary N) is 2. The van der Waals surface area contributed by atoms with Crippen LogP contribution in [0.3, 0.4) is 0 Å². The van der Waals surface area contributed by atoms with Gasteiger partial charge in [-0.1, -0.05) is 0 Å². The van der Waals surface area contributed by atoms with Crippen molar-refractivity contribution in [1.82, 2.24) is 10.4 Å². The van der Waals surface area contributed by atoms with Crippen molar-refractivity contribution in [3.63, 3.8) is 0 Å². The van der Waals surface area contributed by atoms with Gasteiger partial charge in [0.05, 0.1) is 13.2 Å². The maximum absolute atomic E-state index is 10.8. The van der Waals surface area contributed by atoms with Gasteiger partial charge in [0.2, 0.25) is 5.56 Å². The van der Waals surface area contributed by atoms with Gasteiger partial charge in [0.1, 0.15) is 5.84 Å². The Kier molecular flexibility index (Phi) is 4.52. The van der Waals surface area contributed by atoms with E-state index in [4.69, 9.17) is 10.6 Å². The maximum Gasteiger partial charge on any atom is 0.247 e. The van der Waals surface area contributed by atoms with E-state index >= 15 is 0 Å². The molecule has 0 aliphatic heterocycles. The zero-order valence-electron chi connectivity index (χ0n) is 8.49. The molecule has 0 unspecified atom stereocenters. The second-order valence-electron chi connectivity index (χ2n) is 2.81. The molecule has 1 aromatic rings. The molecule has 1 heterocycles. The predicted octanol–water partition coefficient (Wildman–Crippen LogP) is -0.769. The molecular formula is C9H14N4O2. The van der Waals surface area contributed by atoms with Crippen LogP contribution in [0.15, 0.2) is 28.1 Å². The van der Waals surface area contributed by atoms with Crippen molar-refractivity contribution in [3.8, 4) is 0 Å². The lowest BCUT2D eigenvalue weighted by atomic mass is 10.2. The molecule has 0 amide bonds. The molecule has 6 heteroatoms. The van der Waals surface area contributed by atoms with Crippen LogP contribution in [0.2, 0.25) is 0 Å². The van der Waals surface area contributed by atoms with Crippen LogP contribution in [0, 0.1) is 0 Å². The number of H-pyrrole nitrogens is 1. The maximum atomic E-state index is 10.8. The molecule has 0 spiro atoms. The average molecular weight is 210 g/mol. The summed E-state index contributed by atoms with van der Waals surface area (Å²) in [5.74, 6) is 5.83. The second kappa shape index (κ2) is 5.94. The summed E-state index contributed by atoms with van der Waals surface area (Å²) in [7, 11) is 1.60. The Morgan fingerprint density at radius 3 is 3.00 bits per heavy atom. The second-order valence-corrected chi connectivity index (χ2v) is 2.81. The molecule has 0 aliphatic carbocycles. The Hall–Kier alpha value is -1.66. The fourth-order valence-electron chi connectivity index (χ4n) is 1.03. The molecular weight excluding hydrogens is 196 g/mol. The highest BCUT2D eigenvalue weighted by Gasteiger charge is 2.00. The van der Waals surface area contributed by atoms with E-state index in [0.29, 0.717) is 19.0 Å². The molecule has 0 aliphatic rings. The molecule has 0 saturated carbocycles. The molecule has 4 N–H and O–H groups in total. The quantitative estimate of drug-likeness (QED) is 0.200. The third-order valence-electron chi connectivity index (χ3n) is 1.76. The number of nitrogens with zero attached hydrogens (tertiary/aromatic N) is 1. The number of hydrogen-bond donors (Lipinski definition) is 3. The fraction of sp³-hybridized carbons (Fsp3) is 0.333. The SMILES string of the molecule is COCCN=C(NN)c1ccc(=O)[nH]c1. The van der Waals surface area contributed by atoms with E-state index in [1.165, 1.54) is 6.07 Å². The summed E-state index contributed by atoms with van der Waals surface area (Å²) in [6, 6.07) is 3.06. The van der Waals surface area contributed by atoms with Gasteiger partial charge in [0.25, 0.3) is 0 Å². The Bertz CT molecular complexity index is 365. The molecule has 0 atom stereocenters.